The number of hydrogen-bond acceptors (Lipinski definition) is 4. The van der Waals surface area contributed by atoms with Crippen LogP contribution < -0.4 is 10.6 Å². The fourth-order valence-corrected chi connectivity index (χ4v) is 1.84. The summed E-state index contributed by atoms with van der Waals surface area (Å²) in [5.74, 6) is 0. The molecule has 2 rings (SSSR count). The molecule has 21 heavy (non-hydrogen) atoms. The minimum atomic E-state index is -0.287. The Labute approximate surface area is 123 Å². The highest BCUT2D eigenvalue weighted by atomic mass is 16.3. The van der Waals surface area contributed by atoms with Crippen molar-refractivity contribution in [2.24, 2.45) is 0 Å². The van der Waals surface area contributed by atoms with E-state index in [1.54, 1.807) is 13.0 Å². The van der Waals surface area contributed by atoms with Crippen LogP contribution in [-0.2, 0) is 13.0 Å². The van der Waals surface area contributed by atoms with Crippen LogP contribution in [0.25, 0.3) is 0 Å². The van der Waals surface area contributed by atoms with E-state index in [4.69, 9.17) is 5.11 Å². The fourth-order valence-electron chi connectivity index (χ4n) is 1.84. The minimum absolute atomic E-state index is 0.138. The smallest absolute Gasteiger partial charge is 0.319 e. The number of hydrogen-bond donors (Lipinski definition) is 3. The van der Waals surface area contributed by atoms with Gasteiger partial charge >= 0.3 is 6.03 Å². The third kappa shape index (κ3) is 4.54. The first kappa shape index (κ1) is 14.9. The van der Waals surface area contributed by atoms with Crippen molar-refractivity contribution in [1.29, 1.82) is 0 Å². The normalized spacial score (nSPS) is 10.2. The molecule has 0 unspecified atom stereocenters. The van der Waals surface area contributed by atoms with Gasteiger partial charge in [-0.3, -0.25) is 0 Å². The van der Waals surface area contributed by atoms with E-state index in [1.165, 1.54) is 6.20 Å². The number of rotatable bonds is 5. The van der Waals surface area contributed by atoms with Gasteiger partial charge in [0.25, 0.3) is 0 Å². The van der Waals surface area contributed by atoms with Crippen LogP contribution in [0.2, 0.25) is 0 Å². The van der Waals surface area contributed by atoms with Crippen molar-refractivity contribution < 1.29 is 9.90 Å². The number of aliphatic hydroxyl groups excluding tert-OH is 1. The number of amides is 2. The molecule has 0 bridgehead atoms. The number of benzene rings is 1. The summed E-state index contributed by atoms with van der Waals surface area (Å²) in [7, 11) is 0. The molecule has 0 saturated heterocycles. The molecular formula is C15H18N4O2. The van der Waals surface area contributed by atoms with Crippen LogP contribution in [0.3, 0.4) is 0 Å². The maximum absolute atomic E-state index is 11.8. The minimum Gasteiger partial charge on any atom is -0.396 e. The van der Waals surface area contributed by atoms with Gasteiger partial charge in [-0.2, -0.15) is 10.2 Å². The standard InChI is InChI=1S/C15H18N4O2/c1-11-14(6-8-17-19-11)18-15(21)16-10-13-4-2-12(3-5-13)7-9-20/h2-6,8,20H,7,9-10H2,1H3,(H2,16,17,18,21). The molecule has 6 nitrogen and oxygen atoms in total. The third-order valence-corrected chi connectivity index (χ3v) is 3.03. The Bertz CT molecular complexity index is 599. The van der Waals surface area contributed by atoms with Gasteiger partial charge in [0.2, 0.25) is 0 Å². The van der Waals surface area contributed by atoms with Gasteiger partial charge in [0.05, 0.1) is 17.6 Å². The summed E-state index contributed by atoms with van der Waals surface area (Å²) in [5.41, 5.74) is 3.38. The molecule has 0 aliphatic heterocycles. The van der Waals surface area contributed by atoms with Crippen LogP contribution in [0.5, 0.6) is 0 Å². The summed E-state index contributed by atoms with van der Waals surface area (Å²) in [6.45, 7) is 2.35. The second kappa shape index (κ2) is 7.35. The Morgan fingerprint density at radius 1 is 1.19 bits per heavy atom. The van der Waals surface area contributed by atoms with Crippen molar-refractivity contribution >= 4 is 11.7 Å². The Kier molecular flexibility index (Phi) is 5.22. The Morgan fingerprint density at radius 2 is 1.90 bits per heavy atom. The number of anilines is 1. The van der Waals surface area contributed by atoms with E-state index in [0.717, 1.165) is 11.1 Å². The Hall–Kier alpha value is -2.47. The average molecular weight is 286 g/mol. The topological polar surface area (TPSA) is 87.1 Å². The van der Waals surface area contributed by atoms with Gasteiger partial charge in [0, 0.05) is 13.2 Å². The summed E-state index contributed by atoms with van der Waals surface area (Å²) in [6, 6.07) is 9.18. The molecule has 0 spiro atoms. The molecule has 110 valence electrons. The van der Waals surface area contributed by atoms with Crippen LogP contribution in [0, 0.1) is 6.92 Å². The highest BCUT2D eigenvalue weighted by Gasteiger charge is 2.04. The number of aromatic nitrogens is 2. The number of aliphatic hydroxyl groups is 1. The molecule has 0 aliphatic carbocycles. The average Bonchev–Trinajstić information content (AvgIpc) is 2.49. The quantitative estimate of drug-likeness (QED) is 0.780. The van der Waals surface area contributed by atoms with Gasteiger partial charge < -0.3 is 15.7 Å². The summed E-state index contributed by atoms with van der Waals surface area (Å²) < 4.78 is 0. The Balaban J connectivity index is 1.85. The Morgan fingerprint density at radius 3 is 2.57 bits per heavy atom. The lowest BCUT2D eigenvalue weighted by Gasteiger charge is -2.09. The zero-order valence-corrected chi connectivity index (χ0v) is 11.8. The fraction of sp³-hybridized carbons (Fsp3) is 0.267. The highest BCUT2D eigenvalue weighted by Crippen LogP contribution is 2.09. The lowest BCUT2D eigenvalue weighted by Crippen LogP contribution is -2.28. The van der Waals surface area contributed by atoms with Gasteiger partial charge in [-0.15, -0.1) is 0 Å². The third-order valence-electron chi connectivity index (χ3n) is 3.03. The molecule has 0 radical (unpaired) electrons. The van der Waals surface area contributed by atoms with Crippen molar-refractivity contribution in [3.05, 3.63) is 53.3 Å². The maximum atomic E-state index is 11.8. The molecule has 1 aromatic carbocycles. The molecule has 2 aromatic rings. The van der Waals surface area contributed by atoms with Crippen molar-refractivity contribution in [2.75, 3.05) is 11.9 Å². The first-order valence-electron chi connectivity index (χ1n) is 6.71. The van der Waals surface area contributed by atoms with Crippen molar-refractivity contribution in [3.63, 3.8) is 0 Å². The SMILES string of the molecule is Cc1nnccc1NC(=O)NCc1ccc(CCO)cc1. The van der Waals surface area contributed by atoms with Gasteiger partial charge in [0.15, 0.2) is 0 Å². The number of carbonyl (C=O) groups is 1. The molecule has 1 aromatic heterocycles. The number of carbonyl (C=O) groups excluding carboxylic acids is 1. The number of aryl methyl sites for hydroxylation is 1. The zero-order chi connectivity index (χ0) is 15.1. The van der Waals surface area contributed by atoms with Gasteiger partial charge in [-0.1, -0.05) is 24.3 Å². The van der Waals surface area contributed by atoms with E-state index in [0.29, 0.717) is 24.3 Å². The largest absolute Gasteiger partial charge is 0.396 e. The van der Waals surface area contributed by atoms with E-state index < -0.39 is 0 Å². The van der Waals surface area contributed by atoms with Gasteiger partial charge in [-0.05, 0) is 30.5 Å². The molecule has 3 N–H and O–H groups in total. The molecule has 0 aliphatic rings. The molecule has 6 heteroatoms. The van der Waals surface area contributed by atoms with E-state index in [-0.39, 0.29) is 12.6 Å². The first-order chi connectivity index (χ1) is 10.2. The maximum Gasteiger partial charge on any atom is 0.319 e. The second-order valence-electron chi connectivity index (χ2n) is 4.63. The molecule has 2 amide bonds. The number of nitrogens with one attached hydrogen (secondary N) is 2. The second-order valence-corrected chi connectivity index (χ2v) is 4.63. The van der Waals surface area contributed by atoms with Gasteiger partial charge in [-0.25, -0.2) is 4.79 Å². The molecule has 0 atom stereocenters. The van der Waals surface area contributed by atoms with Crippen LogP contribution in [-0.4, -0.2) is 27.9 Å². The van der Waals surface area contributed by atoms with E-state index >= 15 is 0 Å². The first-order valence-corrected chi connectivity index (χ1v) is 6.71. The van der Waals surface area contributed by atoms with Crippen LogP contribution in [0.1, 0.15) is 16.8 Å². The van der Waals surface area contributed by atoms with Crippen LogP contribution in [0.15, 0.2) is 36.5 Å². The van der Waals surface area contributed by atoms with Crippen LogP contribution in [0.4, 0.5) is 10.5 Å². The van der Waals surface area contributed by atoms with Crippen LogP contribution >= 0.6 is 0 Å². The highest BCUT2D eigenvalue weighted by molar-refractivity contribution is 5.89. The van der Waals surface area contributed by atoms with Crippen molar-refractivity contribution in [3.8, 4) is 0 Å². The van der Waals surface area contributed by atoms with Crippen molar-refractivity contribution in [1.82, 2.24) is 15.5 Å². The summed E-state index contributed by atoms with van der Waals surface area (Å²) in [6.07, 6.45) is 2.17. The molecule has 1 heterocycles. The zero-order valence-electron chi connectivity index (χ0n) is 11.8. The summed E-state index contributed by atoms with van der Waals surface area (Å²) in [4.78, 5) is 11.8. The van der Waals surface area contributed by atoms with E-state index in [9.17, 15) is 4.79 Å². The lowest BCUT2D eigenvalue weighted by molar-refractivity contribution is 0.251. The molecular weight excluding hydrogens is 268 g/mol. The van der Waals surface area contributed by atoms with Gasteiger partial charge in [0.1, 0.15) is 0 Å². The lowest BCUT2D eigenvalue weighted by atomic mass is 10.1. The summed E-state index contributed by atoms with van der Waals surface area (Å²) in [5, 5.41) is 22.0. The molecule has 0 fully saturated rings. The molecule has 0 saturated carbocycles. The predicted molar refractivity (Wildman–Crippen MR) is 79.9 cm³/mol. The van der Waals surface area contributed by atoms with E-state index in [2.05, 4.69) is 20.8 Å². The number of nitrogens with zero attached hydrogens (tertiary/aromatic N) is 2. The monoisotopic (exact) mass is 286 g/mol. The van der Waals surface area contributed by atoms with Crippen molar-refractivity contribution in [2.45, 2.75) is 19.9 Å². The number of urea groups is 1. The predicted octanol–water partition coefficient (Wildman–Crippen LogP) is 1.64. The summed E-state index contributed by atoms with van der Waals surface area (Å²) >= 11 is 0. The van der Waals surface area contributed by atoms with E-state index in [1.807, 2.05) is 24.3 Å².